The van der Waals surface area contributed by atoms with Gasteiger partial charge in [-0.15, -0.1) is 0 Å². The molecule has 11 heteroatoms. The first-order valence-corrected chi connectivity index (χ1v) is 10.3. The van der Waals surface area contributed by atoms with E-state index >= 15 is 0 Å². The highest BCUT2D eigenvalue weighted by Crippen LogP contribution is 2.27. The van der Waals surface area contributed by atoms with E-state index in [1.54, 1.807) is 35.8 Å². The lowest BCUT2D eigenvalue weighted by molar-refractivity contribution is 0.100. The Hall–Kier alpha value is -3.83. The molecule has 0 aliphatic carbocycles. The first-order valence-electron chi connectivity index (χ1n) is 10.3. The third-order valence-corrected chi connectivity index (χ3v) is 5.22. The van der Waals surface area contributed by atoms with Gasteiger partial charge in [-0.1, -0.05) is 31.2 Å². The summed E-state index contributed by atoms with van der Waals surface area (Å²) in [5.41, 5.74) is 7.82. The molecule has 0 saturated carbocycles. The number of rotatable bonds is 7. The van der Waals surface area contributed by atoms with Crippen LogP contribution in [0.5, 0.6) is 0 Å². The van der Waals surface area contributed by atoms with Gasteiger partial charge in [-0.3, -0.25) is 9.36 Å². The van der Waals surface area contributed by atoms with Crippen LogP contribution in [0.3, 0.4) is 0 Å². The quantitative estimate of drug-likeness (QED) is 0.312. The van der Waals surface area contributed by atoms with Crippen molar-refractivity contribution < 1.29 is 19.2 Å². The van der Waals surface area contributed by atoms with Crippen LogP contribution in [0.25, 0.3) is 16.9 Å². The molecular weight excluding hydrogens is 426 g/mol. The van der Waals surface area contributed by atoms with E-state index in [0.29, 0.717) is 46.8 Å². The second-order valence-electron chi connectivity index (χ2n) is 7.57. The van der Waals surface area contributed by atoms with Crippen molar-refractivity contribution in [3.05, 3.63) is 70.9 Å². The molecule has 0 atom stereocenters. The normalized spacial score (nSPS) is 11.1. The highest BCUT2D eigenvalue weighted by Gasteiger charge is 2.18. The van der Waals surface area contributed by atoms with Gasteiger partial charge in [0.1, 0.15) is 11.6 Å². The van der Waals surface area contributed by atoms with Crippen LogP contribution >= 0.6 is 0 Å². The summed E-state index contributed by atoms with van der Waals surface area (Å²) in [6.45, 7) is 4.04. The fourth-order valence-corrected chi connectivity index (χ4v) is 3.66. The van der Waals surface area contributed by atoms with Crippen molar-refractivity contribution in [3.63, 3.8) is 0 Å². The van der Waals surface area contributed by atoms with Crippen molar-refractivity contribution in [1.82, 2.24) is 19.5 Å². The van der Waals surface area contributed by atoms with E-state index in [9.17, 15) is 19.2 Å². The maximum atomic E-state index is 14.3. The monoisotopic (exact) mass is 448 g/mol. The number of nitrogens with zero attached hydrogens (tertiary/aromatic N) is 4. The van der Waals surface area contributed by atoms with E-state index in [0.717, 1.165) is 11.6 Å². The number of carbonyl (C=O) groups is 1. The minimum absolute atomic E-state index is 0.0842. The number of aromatic nitrogens is 4. The molecule has 168 valence electrons. The Bertz CT molecular complexity index is 1360. The number of amides is 1. The Morgan fingerprint density at radius 2 is 1.97 bits per heavy atom. The number of carbonyl (C=O) groups excluding carboxylic acids is 1. The predicted octanol–water partition coefficient (Wildman–Crippen LogP) is 1.22. The molecule has 4 aromatic rings. The smallest absolute Gasteiger partial charge is 0.423 e. The van der Waals surface area contributed by atoms with Gasteiger partial charge in [0.05, 0.1) is 11.1 Å². The topological polar surface area (TPSA) is 139 Å². The van der Waals surface area contributed by atoms with Crippen LogP contribution in [0.2, 0.25) is 0 Å². The van der Waals surface area contributed by atoms with Crippen LogP contribution in [0.15, 0.2) is 42.5 Å². The molecule has 0 saturated heterocycles. The molecule has 1 amide bonds. The largest absolute Gasteiger partial charge is 0.488 e. The van der Waals surface area contributed by atoms with Crippen molar-refractivity contribution in [2.45, 2.75) is 26.8 Å². The van der Waals surface area contributed by atoms with Gasteiger partial charge in [0.25, 0.3) is 0 Å². The molecule has 0 radical (unpaired) electrons. The van der Waals surface area contributed by atoms with Crippen LogP contribution in [-0.2, 0) is 13.0 Å². The minimum atomic E-state index is -1.56. The van der Waals surface area contributed by atoms with Crippen molar-refractivity contribution in [3.8, 4) is 5.95 Å². The molecule has 0 bridgehead atoms. The van der Waals surface area contributed by atoms with Crippen molar-refractivity contribution >= 4 is 35.3 Å². The average molecular weight is 448 g/mol. The molecular formula is C22H22BFN6O3. The lowest BCUT2D eigenvalue weighted by atomic mass is 9.80. The van der Waals surface area contributed by atoms with Gasteiger partial charge >= 0.3 is 7.12 Å². The lowest BCUT2D eigenvalue weighted by Gasteiger charge is -2.12. The third-order valence-electron chi connectivity index (χ3n) is 5.22. The van der Waals surface area contributed by atoms with E-state index in [1.165, 1.54) is 6.07 Å². The second-order valence-corrected chi connectivity index (χ2v) is 7.57. The molecule has 9 nitrogen and oxygen atoms in total. The number of benzene rings is 2. The Balaban J connectivity index is 1.75. The molecule has 2 aromatic heterocycles. The van der Waals surface area contributed by atoms with Crippen molar-refractivity contribution in [1.29, 1.82) is 0 Å². The zero-order valence-electron chi connectivity index (χ0n) is 18.1. The van der Waals surface area contributed by atoms with Crippen molar-refractivity contribution in [2.24, 2.45) is 5.73 Å². The van der Waals surface area contributed by atoms with Gasteiger partial charge in [-0.2, -0.15) is 15.0 Å². The molecule has 0 fully saturated rings. The zero-order valence-corrected chi connectivity index (χ0v) is 18.1. The molecule has 2 aromatic carbocycles. The Kier molecular flexibility index (Phi) is 6.08. The number of hydrogen-bond acceptors (Lipinski definition) is 7. The third kappa shape index (κ3) is 4.54. The highest BCUT2D eigenvalue weighted by atomic mass is 19.1. The highest BCUT2D eigenvalue weighted by molar-refractivity contribution is 6.58. The van der Waals surface area contributed by atoms with Crippen LogP contribution in [0, 0.1) is 12.7 Å². The van der Waals surface area contributed by atoms with Crippen LogP contribution in [0.4, 0.5) is 10.3 Å². The molecule has 2 heterocycles. The summed E-state index contributed by atoms with van der Waals surface area (Å²) < 4.78 is 15.9. The molecule has 0 aliphatic heterocycles. The molecule has 0 spiro atoms. The van der Waals surface area contributed by atoms with Crippen LogP contribution in [0.1, 0.15) is 34.4 Å². The molecule has 5 N–H and O–H groups in total. The maximum absolute atomic E-state index is 14.3. The van der Waals surface area contributed by atoms with E-state index in [1.807, 2.05) is 13.0 Å². The summed E-state index contributed by atoms with van der Waals surface area (Å²) in [4.78, 5) is 25.2. The first kappa shape index (κ1) is 22.4. The summed E-state index contributed by atoms with van der Waals surface area (Å²) in [5, 5.41) is 22.4. The summed E-state index contributed by atoms with van der Waals surface area (Å²) in [7, 11) is -1.56. The average Bonchev–Trinajstić information content (AvgIpc) is 3.12. The van der Waals surface area contributed by atoms with Gasteiger partial charge in [-0.25, -0.2) is 4.39 Å². The van der Waals surface area contributed by atoms with Gasteiger partial charge in [0.15, 0.2) is 0 Å². The summed E-state index contributed by atoms with van der Waals surface area (Å²) >= 11 is 0. The van der Waals surface area contributed by atoms with E-state index in [-0.39, 0.29) is 11.5 Å². The fourth-order valence-electron chi connectivity index (χ4n) is 3.66. The fraction of sp³-hybridized carbons (Fsp3) is 0.182. The standard InChI is InChI=1S/C22H22BFN6O3/c1-3-19-27-21(26-11-13-5-4-6-14(8-13)23(32)33)29-22(28-19)30-12(2)7-16-17(20(25)31)9-15(24)10-18(16)30/h4-10,32-33H,3,11H2,1-2H3,(H2,25,31)(H,26,27,28,29). The molecule has 0 aliphatic rings. The van der Waals surface area contributed by atoms with Gasteiger partial charge in [0, 0.05) is 24.0 Å². The number of hydrogen-bond donors (Lipinski definition) is 4. The number of fused-ring (bicyclic) bond motifs is 1. The van der Waals surface area contributed by atoms with E-state index in [4.69, 9.17) is 5.73 Å². The van der Waals surface area contributed by atoms with Crippen molar-refractivity contribution in [2.75, 3.05) is 5.32 Å². The Morgan fingerprint density at radius 1 is 1.18 bits per heavy atom. The molecule has 0 unspecified atom stereocenters. The number of anilines is 1. The van der Waals surface area contributed by atoms with Gasteiger partial charge in [-0.05, 0) is 36.1 Å². The SMILES string of the molecule is CCc1nc(NCc2cccc(B(O)O)c2)nc(-n2c(C)cc3c(C(N)=O)cc(F)cc32)n1. The number of nitrogens with one attached hydrogen (secondary N) is 1. The Labute approximate surface area is 189 Å². The summed E-state index contributed by atoms with van der Waals surface area (Å²) in [5.74, 6) is -0.212. The molecule has 4 rings (SSSR count). The second kappa shape index (κ2) is 8.97. The molecule has 33 heavy (non-hydrogen) atoms. The van der Waals surface area contributed by atoms with Gasteiger partial charge < -0.3 is 21.1 Å². The lowest BCUT2D eigenvalue weighted by Crippen LogP contribution is -2.30. The minimum Gasteiger partial charge on any atom is -0.423 e. The summed E-state index contributed by atoms with van der Waals surface area (Å²) in [6, 6.07) is 11.0. The van der Waals surface area contributed by atoms with Crippen LogP contribution < -0.4 is 16.5 Å². The number of nitrogens with two attached hydrogens (primary N) is 1. The van der Waals surface area contributed by atoms with Gasteiger partial charge in [0.2, 0.25) is 17.8 Å². The summed E-state index contributed by atoms with van der Waals surface area (Å²) in [6.07, 6.45) is 0.537. The number of halogens is 1. The van der Waals surface area contributed by atoms with E-state index < -0.39 is 18.8 Å². The van der Waals surface area contributed by atoms with Crippen LogP contribution in [-0.4, -0.2) is 42.6 Å². The van der Waals surface area contributed by atoms with E-state index in [2.05, 4.69) is 20.3 Å². The maximum Gasteiger partial charge on any atom is 0.488 e. The number of aryl methyl sites for hydroxylation is 2. The number of primary amides is 1. The zero-order chi connectivity index (χ0) is 23.7. The first-order chi connectivity index (χ1) is 15.8. The Morgan fingerprint density at radius 3 is 2.67 bits per heavy atom. The predicted molar refractivity (Wildman–Crippen MR) is 123 cm³/mol.